The van der Waals surface area contributed by atoms with Gasteiger partial charge in [-0.2, -0.15) is 5.10 Å². The number of ether oxygens (including phenoxy) is 1. The summed E-state index contributed by atoms with van der Waals surface area (Å²) < 4.78 is 5.38. The number of likely N-dealkylation sites (N-methyl/N-ethyl adjacent to an activating group) is 1. The molecule has 6 nitrogen and oxygen atoms in total. The summed E-state index contributed by atoms with van der Waals surface area (Å²) in [6.45, 7) is 11.3. The van der Waals surface area contributed by atoms with Crippen LogP contribution >= 0.6 is 0 Å². The third-order valence-corrected chi connectivity index (χ3v) is 5.09. The predicted octanol–water partition coefficient (Wildman–Crippen LogP) is 1.08. The normalized spacial score (nSPS) is 20.1. The van der Waals surface area contributed by atoms with Crippen LogP contribution in [0.4, 0.5) is 0 Å². The summed E-state index contributed by atoms with van der Waals surface area (Å²) in [5, 5.41) is 10.3. The van der Waals surface area contributed by atoms with Crippen LogP contribution in [0.5, 0.6) is 0 Å². The topological polar surface area (TPSA) is 43.3 Å². The van der Waals surface area contributed by atoms with E-state index in [9.17, 15) is 0 Å². The molecule has 26 heavy (non-hydrogen) atoms. The van der Waals surface area contributed by atoms with E-state index in [1.54, 1.807) is 0 Å². The molecule has 0 aliphatic carbocycles. The minimum Gasteiger partial charge on any atom is -0.379 e. The molecule has 2 aliphatic rings. The highest BCUT2D eigenvalue weighted by Gasteiger charge is 2.11. The number of hydrogen-bond acceptors (Lipinski definition) is 6. The van der Waals surface area contributed by atoms with Gasteiger partial charge in [0.05, 0.1) is 19.4 Å². The van der Waals surface area contributed by atoms with Gasteiger partial charge < -0.3 is 15.0 Å². The first-order valence-corrected chi connectivity index (χ1v) is 9.87. The van der Waals surface area contributed by atoms with Crippen LogP contribution in [0.2, 0.25) is 0 Å². The van der Waals surface area contributed by atoms with Crippen molar-refractivity contribution in [1.29, 1.82) is 0 Å². The molecule has 0 amide bonds. The molecule has 2 heterocycles. The maximum atomic E-state index is 5.38. The molecule has 0 aromatic heterocycles. The van der Waals surface area contributed by atoms with Gasteiger partial charge in [-0.15, -0.1) is 0 Å². The highest BCUT2D eigenvalue weighted by Crippen LogP contribution is 2.05. The van der Waals surface area contributed by atoms with Gasteiger partial charge in [-0.05, 0) is 37.7 Å². The molecule has 2 aliphatic heterocycles. The zero-order valence-electron chi connectivity index (χ0n) is 16.1. The van der Waals surface area contributed by atoms with Crippen molar-refractivity contribution in [2.45, 2.75) is 13.0 Å². The molecule has 2 saturated heterocycles. The number of hydrogen-bond donors (Lipinski definition) is 1. The summed E-state index contributed by atoms with van der Waals surface area (Å²) in [5.41, 5.74) is 2.49. The van der Waals surface area contributed by atoms with Crippen LogP contribution in [0.3, 0.4) is 0 Å². The van der Waals surface area contributed by atoms with Crippen molar-refractivity contribution in [1.82, 2.24) is 20.1 Å². The minimum atomic E-state index is 0.887. The Kier molecular flexibility index (Phi) is 7.88. The van der Waals surface area contributed by atoms with Gasteiger partial charge in [0.2, 0.25) is 0 Å². The summed E-state index contributed by atoms with van der Waals surface area (Å²) in [5.74, 6) is 0. The Labute approximate surface area is 157 Å². The molecule has 6 heteroatoms. The molecule has 0 bridgehead atoms. The van der Waals surface area contributed by atoms with Gasteiger partial charge >= 0.3 is 0 Å². The van der Waals surface area contributed by atoms with Crippen LogP contribution in [0.25, 0.3) is 0 Å². The van der Waals surface area contributed by atoms with E-state index in [0.717, 1.165) is 72.1 Å². The van der Waals surface area contributed by atoms with E-state index in [0.29, 0.717) is 0 Å². The highest BCUT2D eigenvalue weighted by molar-refractivity contribution is 5.79. The number of nitrogens with zero attached hydrogens (tertiary/aromatic N) is 4. The number of morpholine rings is 1. The van der Waals surface area contributed by atoms with E-state index in [4.69, 9.17) is 4.74 Å². The van der Waals surface area contributed by atoms with Gasteiger partial charge in [0, 0.05) is 45.8 Å². The summed E-state index contributed by atoms with van der Waals surface area (Å²) in [6.07, 6.45) is 3.17. The van der Waals surface area contributed by atoms with Gasteiger partial charge in [0.1, 0.15) is 0 Å². The smallest absolute Gasteiger partial charge is 0.0594 e. The second-order valence-electron chi connectivity index (χ2n) is 7.23. The lowest BCUT2D eigenvalue weighted by atomic mass is 10.1. The Morgan fingerprint density at radius 2 is 1.77 bits per heavy atom. The first kappa shape index (κ1) is 19.3. The average molecular weight is 360 g/mol. The number of hydrazone groups is 1. The average Bonchev–Trinajstić information content (AvgIpc) is 2.69. The molecule has 0 radical (unpaired) electrons. The maximum absolute atomic E-state index is 5.38. The molecular formula is C20H33N5O. The molecule has 2 fully saturated rings. The molecule has 3 rings (SSSR count). The van der Waals surface area contributed by atoms with Gasteiger partial charge in [-0.25, -0.2) is 0 Å². The fraction of sp³-hybridized carbons (Fsp3) is 0.650. The monoisotopic (exact) mass is 359 g/mol. The van der Waals surface area contributed by atoms with Crippen LogP contribution in [0, 0.1) is 0 Å². The second-order valence-corrected chi connectivity index (χ2v) is 7.23. The maximum Gasteiger partial charge on any atom is 0.0594 e. The molecule has 0 unspecified atom stereocenters. The third kappa shape index (κ3) is 6.68. The Morgan fingerprint density at radius 3 is 2.50 bits per heavy atom. The number of rotatable bonds is 8. The van der Waals surface area contributed by atoms with Crippen molar-refractivity contribution >= 4 is 6.21 Å². The van der Waals surface area contributed by atoms with Crippen LogP contribution in [-0.2, 0) is 11.3 Å². The van der Waals surface area contributed by atoms with E-state index >= 15 is 0 Å². The van der Waals surface area contributed by atoms with Crippen molar-refractivity contribution in [3.63, 3.8) is 0 Å². The molecule has 1 aromatic rings. The number of nitrogens with one attached hydrogen (secondary N) is 1. The lowest BCUT2D eigenvalue weighted by Crippen LogP contribution is -2.41. The minimum absolute atomic E-state index is 0.887. The Hall–Kier alpha value is -1.47. The summed E-state index contributed by atoms with van der Waals surface area (Å²) in [4.78, 5) is 4.83. The highest BCUT2D eigenvalue weighted by atomic mass is 16.5. The van der Waals surface area contributed by atoms with Gasteiger partial charge in [0.25, 0.3) is 0 Å². The van der Waals surface area contributed by atoms with E-state index in [2.05, 4.69) is 56.5 Å². The van der Waals surface area contributed by atoms with Crippen LogP contribution < -0.4 is 5.32 Å². The Morgan fingerprint density at radius 1 is 1.04 bits per heavy atom. The number of benzene rings is 1. The van der Waals surface area contributed by atoms with Gasteiger partial charge in [-0.1, -0.05) is 24.3 Å². The van der Waals surface area contributed by atoms with E-state index < -0.39 is 0 Å². The van der Waals surface area contributed by atoms with Crippen LogP contribution in [0.1, 0.15) is 17.5 Å². The SMILES string of the molecule is CN1CCN(/N=C/c2ccc(CNCCCN3CCOCC3)cc2)CC1. The first-order chi connectivity index (χ1) is 12.8. The lowest BCUT2D eigenvalue weighted by molar-refractivity contribution is 0.0374. The van der Waals surface area contributed by atoms with E-state index in [1.807, 2.05) is 6.21 Å². The third-order valence-electron chi connectivity index (χ3n) is 5.09. The second kappa shape index (κ2) is 10.6. The lowest BCUT2D eigenvalue weighted by Gasteiger charge is -2.30. The summed E-state index contributed by atoms with van der Waals surface area (Å²) in [6, 6.07) is 8.70. The molecule has 1 aromatic carbocycles. The molecule has 0 atom stereocenters. The molecule has 0 spiro atoms. The molecular weight excluding hydrogens is 326 g/mol. The van der Waals surface area contributed by atoms with Crippen LogP contribution in [-0.4, -0.2) is 93.6 Å². The summed E-state index contributed by atoms with van der Waals surface area (Å²) in [7, 11) is 2.16. The Bertz CT molecular complexity index is 534. The van der Waals surface area contributed by atoms with Gasteiger partial charge in [0.15, 0.2) is 0 Å². The van der Waals surface area contributed by atoms with Crippen molar-refractivity contribution in [3.05, 3.63) is 35.4 Å². The van der Waals surface area contributed by atoms with Gasteiger partial charge in [-0.3, -0.25) is 9.91 Å². The van der Waals surface area contributed by atoms with Crippen molar-refractivity contribution in [2.24, 2.45) is 5.10 Å². The zero-order chi connectivity index (χ0) is 18.0. The summed E-state index contributed by atoms with van der Waals surface area (Å²) >= 11 is 0. The van der Waals surface area contributed by atoms with Crippen molar-refractivity contribution in [2.75, 3.05) is 72.6 Å². The largest absolute Gasteiger partial charge is 0.379 e. The van der Waals surface area contributed by atoms with Crippen LogP contribution in [0.15, 0.2) is 29.4 Å². The molecule has 0 saturated carbocycles. The van der Waals surface area contributed by atoms with E-state index in [1.165, 1.54) is 17.5 Å². The standard InChI is InChI=1S/C20H33N5O/c1-23-9-11-25(12-10-23)22-18-20-5-3-19(4-6-20)17-21-7-2-8-24-13-15-26-16-14-24/h3-6,18,21H,2,7-17H2,1H3/b22-18+. The predicted molar refractivity (Wildman–Crippen MR) is 107 cm³/mol. The molecule has 144 valence electrons. The molecule has 1 N–H and O–H groups in total. The quantitative estimate of drug-likeness (QED) is 0.556. The fourth-order valence-corrected chi connectivity index (χ4v) is 3.27. The van der Waals surface area contributed by atoms with Crippen molar-refractivity contribution in [3.8, 4) is 0 Å². The Balaban J connectivity index is 1.31. The van der Waals surface area contributed by atoms with E-state index in [-0.39, 0.29) is 0 Å². The van der Waals surface area contributed by atoms with Crippen molar-refractivity contribution < 1.29 is 4.74 Å². The zero-order valence-corrected chi connectivity index (χ0v) is 16.1. The fourth-order valence-electron chi connectivity index (χ4n) is 3.27. The number of piperazine rings is 1. The first-order valence-electron chi connectivity index (χ1n) is 9.87.